The number of benzene rings is 1. The standard InChI is InChI=1S/C22H28N4O3/c1-15(22(28)29)25(17-11-12-17)14-21(27)23-20-13-19(16-7-5-6-8-16)24-26(20)18-9-3-2-4-10-18/h2-4,9-10,13,15-17H,5-8,11-12,14H2,1H3,(H,23,27)(H,28,29). The average molecular weight is 396 g/mol. The molecule has 1 atom stereocenters. The van der Waals surface area contributed by atoms with E-state index in [9.17, 15) is 14.7 Å². The van der Waals surface area contributed by atoms with E-state index in [0.717, 1.165) is 37.1 Å². The molecule has 4 rings (SSSR count). The summed E-state index contributed by atoms with van der Waals surface area (Å²) in [6.45, 7) is 1.71. The Labute approximate surface area is 170 Å². The number of carbonyl (C=O) groups is 2. The van der Waals surface area contributed by atoms with Crippen LogP contribution in [0.15, 0.2) is 36.4 Å². The Kier molecular flexibility index (Phi) is 5.67. The van der Waals surface area contributed by atoms with Crippen molar-refractivity contribution in [3.63, 3.8) is 0 Å². The fourth-order valence-electron chi connectivity index (χ4n) is 4.15. The normalized spacial score (nSPS) is 18.1. The van der Waals surface area contributed by atoms with Gasteiger partial charge in [-0.25, -0.2) is 4.68 Å². The van der Waals surface area contributed by atoms with E-state index in [2.05, 4.69) is 5.32 Å². The summed E-state index contributed by atoms with van der Waals surface area (Å²) in [5, 5.41) is 17.1. The minimum atomic E-state index is -0.900. The van der Waals surface area contributed by atoms with Crippen molar-refractivity contribution in [3.05, 3.63) is 42.1 Å². The lowest BCUT2D eigenvalue weighted by atomic mass is 10.0. The van der Waals surface area contributed by atoms with Crippen LogP contribution < -0.4 is 5.32 Å². The van der Waals surface area contributed by atoms with Crippen molar-refractivity contribution in [3.8, 4) is 5.69 Å². The number of para-hydroxylation sites is 1. The molecule has 1 aromatic heterocycles. The number of nitrogens with one attached hydrogen (secondary N) is 1. The second-order valence-corrected chi connectivity index (χ2v) is 8.15. The lowest BCUT2D eigenvalue weighted by Crippen LogP contribution is -2.45. The van der Waals surface area contributed by atoms with Gasteiger partial charge < -0.3 is 10.4 Å². The van der Waals surface area contributed by atoms with Gasteiger partial charge in [-0.3, -0.25) is 14.5 Å². The monoisotopic (exact) mass is 396 g/mol. The third kappa shape index (κ3) is 4.50. The maximum Gasteiger partial charge on any atom is 0.320 e. The molecule has 7 nitrogen and oxygen atoms in total. The molecule has 2 saturated carbocycles. The number of nitrogens with zero attached hydrogens (tertiary/aromatic N) is 3. The van der Waals surface area contributed by atoms with Crippen LogP contribution in [-0.2, 0) is 9.59 Å². The Hall–Kier alpha value is -2.67. The van der Waals surface area contributed by atoms with Gasteiger partial charge in [0, 0.05) is 18.0 Å². The number of amides is 1. The summed E-state index contributed by atoms with van der Waals surface area (Å²) in [7, 11) is 0. The zero-order valence-corrected chi connectivity index (χ0v) is 16.8. The number of aliphatic carboxylic acids is 1. The third-order valence-corrected chi connectivity index (χ3v) is 5.97. The van der Waals surface area contributed by atoms with Crippen LogP contribution in [-0.4, -0.2) is 50.3 Å². The molecule has 154 valence electrons. The number of hydrogen-bond acceptors (Lipinski definition) is 4. The molecule has 0 spiro atoms. The van der Waals surface area contributed by atoms with E-state index >= 15 is 0 Å². The summed E-state index contributed by atoms with van der Waals surface area (Å²) in [5.74, 6) is -0.0324. The topological polar surface area (TPSA) is 87.5 Å². The average Bonchev–Trinajstić information content (AvgIpc) is 3.24. The summed E-state index contributed by atoms with van der Waals surface area (Å²) in [6, 6.07) is 11.2. The van der Waals surface area contributed by atoms with Crippen LogP contribution in [0.1, 0.15) is 57.1 Å². The van der Waals surface area contributed by atoms with Crippen LogP contribution in [0.2, 0.25) is 0 Å². The molecular weight excluding hydrogens is 368 g/mol. The van der Waals surface area contributed by atoms with Gasteiger partial charge in [-0.05, 0) is 44.7 Å². The minimum absolute atomic E-state index is 0.0663. The van der Waals surface area contributed by atoms with Crippen molar-refractivity contribution in [2.24, 2.45) is 0 Å². The lowest BCUT2D eigenvalue weighted by molar-refractivity contribution is -0.143. The summed E-state index contributed by atoms with van der Waals surface area (Å²) < 4.78 is 1.79. The van der Waals surface area contributed by atoms with Crippen molar-refractivity contribution in [2.75, 3.05) is 11.9 Å². The largest absolute Gasteiger partial charge is 0.480 e. The summed E-state index contributed by atoms with van der Waals surface area (Å²) >= 11 is 0. The molecule has 0 radical (unpaired) electrons. The summed E-state index contributed by atoms with van der Waals surface area (Å²) in [6.07, 6.45) is 6.58. The number of rotatable bonds is 8. The quantitative estimate of drug-likeness (QED) is 0.714. The number of anilines is 1. The molecule has 2 aliphatic rings. The second kappa shape index (κ2) is 8.37. The highest BCUT2D eigenvalue weighted by atomic mass is 16.4. The molecule has 1 heterocycles. The van der Waals surface area contributed by atoms with Crippen molar-refractivity contribution in [1.29, 1.82) is 0 Å². The smallest absolute Gasteiger partial charge is 0.320 e. The number of carboxylic acids is 1. The first-order valence-electron chi connectivity index (χ1n) is 10.5. The first kappa shape index (κ1) is 19.6. The fourth-order valence-corrected chi connectivity index (χ4v) is 4.15. The zero-order chi connectivity index (χ0) is 20.4. The van der Waals surface area contributed by atoms with E-state index in [-0.39, 0.29) is 18.5 Å². The van der Waals surface area contributed by atoms with Crippen LogP contribution >= 0.6 is 0 Å². The van der Waals surface area contributed by atoms with Gasteiger partial charge in [0.05, 0.1) is 17.9 Å². The van der Waals surface area contributed by atoms with Gasteiger partial charge in [0.25, 0.3) is 0 Å². The molecule has 1 unspecified atom stereocenters. The Bertz CT molecular complexity index is 869. The van der Waals surface area contributed by atoms with Crippen LogP contribution in [0.25, 0.3) is 5.69 Å². The first-order valence-corrected chi connectivity index (χ1v) is 10.5. The van der Waals surface area contributed by atoms with Gasteiger partial charge in [0.1, 0.15) is 11.9 Å². The molecule has 2 fully saturated rings. The molecule has 7 heteroatoms. The van der Waals surface area contributed by atoms with Crippen LogP contribution in [0, 0.1) is 0 Å². The fraction of sp³-hybridized carbons (Fsp3) is 0.500. The van der Waals surface area contributed by atoms with Gasteiger partial charge in [-0.15, -0.1) is 0 Å². The lowest BCUT2D eigenvalue weighted by Gasteiger charge is -2.25. The Morgan fingerprint density at radius 1 is 1.21 bits per heavy atom. The minimum Gasteiger partial charge on any atom is -0.480 e. The highest BCUT2D eigenvalue weighted by molar-refractivity contribution is 5.92. The van der Waals surface area contributed by atoms with Crippen molar-refractivity contribution in [1.82, 2.24) is 14.7 Å². The van der Waals surface area contributed by atoms with E-state index in [1.165, 1.54) is 12.8 Å². The van der Waals surface area contributed by atoms with Crippen molar-refractivity contribution >= 4 is 17.7 Å². The highest BCUT2D eigenvalue weighted by Crippen LogP contribution is 2.35. The van der Waals surface area contributed by atoms with E-state index in [1.807, 2.05) is 36.4 Å². The van der Waals surface area contributed by atoms with Gasteiger partial charge in [-0.2, -0.15) is 5.10 Å². The molecule has 1 amide bonds. The number of hydrogen-bond donors (Lipinski definition) is 2. The predicted molar refractivity (Wildman–Crippen MR) is 110 cm³/mol. The number of aromatic nitrogens is 2. The van der Waals surface area contributed by atoms with E-state index < -0.39 is 12.0 Å². The maximum atomic E-state index is 12.8. The zero-order valence-electron chi connectivity index (χ0n) is 16.8. The second-order valence-electron chi connectivity index (χ2n) is 8.15. The third-order valence-electron chi connectivity index (χ3n) is 5.97. The molecule has 29 heavy (non-hydrogen) atoms. The van der Waals surface area contributed by atoms with Crippen LogP contribution in [0.3, 0.4) is 0 Å². The first-order chi connectivity index (χ1) is 14.0. The summed E-state index contributed by atoms with van der Waals surface area (Å²) in [4.78, 5) is 26.0. The SMILES string of the molecule is CC(C(=O)O)N(CC(=O)Nc1cc(C2CCCC2)nn1-c1ccccc1)C1CC1. The summed E-state index contributed by atoms with van der Waals surface area (Å²) in [5.41, 5.74) is 1.91. The van der Waals surface area contributed by atoms with Crippen LogP contribution in [0.5, 0.6) is 0 Å². The maximum absolute atomic E-state index is 12.8. The number of carboxylic acid groups (broad SMARTS) is 1. The van der Waals surface area contributed by atoms with Crippen LogP contribution in [0.4, 0.5) is 5.82 Å². The Morgan fingerprint density at radius 2 is 1.90 bits per heavy atom. The molecule has 1 aromatic carbocycles. The van der Waals surface area contributed by atoms with Crippen molar-refractivity contribution < 1.29 is 14.7 Å². The molecule has 2 aliphatic carbocycles. The Morgan fingerprint density at radius 3 is 2.52 bits per heavy atom. The molecule has 0 saturated heterocycles. The van der Waals surface area contributed by atoms with Crippen molar-refractivity contribution in [2.45, 2.75) is 63.5 Å². The van der Waals surface area contributed by atoms with Gasteiger partial charge in [0.2, 0.25) is 5.91 Å². The number of carbonyl (C=O) groups excluding carboxylic acids is 1. The Balaban J connectivity index is 1.55. The molecule has 0 bridgehead atoms. The van der Waals surface area contributed by atoms with Gasteiger partial charge in [-0.1, -0.05) is 31.0 Å². The molecular formula is C22H28N4O3. The van der Waals surface area contributed by atoms with E-state index in [1.54, 1.807) is 16.5 Å². The molecule has 2 N–H and O–H groups in total. The molecule has 2 aromatic rings. The molecule has 0 aliphatic heterocycles. The predicted octanol–water partition coefficient (Wildman–Crippen LogP) is 3.41. The van der Waals surface area contributed by atoms with Gasteiger partial charge in [0.15, 0.2) is 0 Å². The van der Waals surface area contributed by atoms with E-state index in [0.29, 0.717) is 11.7 Å². The van der Waals surface area contributed by atoms with Gasteiger partial charge >= 0.3 is 5.97 Å². The highest BCUT2D eigenvalue weighted by Gasteiger charge is 2.36. The van der Waals surface area contributed by atoms with E-state index in [4.69, 9.17) is 5.10 Å².